The lowest BCUT2D eigenvalue weighted by atomic mass is 9.88. The number of ether oxygens (including phenoxy) is 2. The van der Waals surface area contributed by atoms with Gasteiger partial charge in [-0.2, -0.15) is 0 Å². The maximum absolute atomic E-state index is 12.2. The molecule has 9 nitrogen and oxygen atoms in total. The number of H-pyrrole nitrogens is 1. The van der Waals surface area contributed by atoms with Crippen LogP contribution in [0.5, 0.6) is 5.75 Å². The van der Waals surface area contributed by atoms with Gasteiger partial charge in [0.15, 0.2) is 5.65 Å². The van der Waals surface area contributed by atoms with Crippen LogP contribution < -0.4 is 20.7 Å². The Morgan fingerprint density at radius 2 is 2.09 bits per heavy atom. The number of nitrogens with zero attached hydrogens (tertiary/aromatic N) is 3. The average molecular weight is 495 g/mol. The molecule has 3 aliphatic rings. The van der Waals surface area contributed by atoms with E-state index in [-0.39, 0.29) is 29.7 Å². The molecular weight excluding hydrogens is 468 g/mol. The van der Waals surface area contributed by atoms with Crippen molar-refractivity contribution in [3.05, 3.63) is 41.6 Å². The van der Waals surface area contributed by atoms with Crippen LogP contribution in [0.15, 0.2) is 36.5 Å². The van der Waals surface area contributed by atoms with E-state index in [0.29, 0.717) is 46.7 Å². The number of hydrogen-bond donors (Lipinski definition) is 3. The summed E-state index contributed by atoms with van der Waals surface area (Å²) in [6, 6.07) is 5.96. The Kier molecular flexibility index (Phi) is 5.53. The van der Waals surface area contributed by atoms with Crippen molar-refractivity contribution in [3.8, 4) is 17.1 Å². The molecule has 1 saturated carbocycles. The highest BCUT2D eigenvalue weighted by Crippen LogP contribution is 2.46. The van der Waals surface area contributed by atoms with Gasteiger partial charge in [-0.15, -0.1) is 0 Å². The van der Waals surface area contributed by atoms with E-state index in [9.17, 15) is 4.79 Å². The van der Waals surface area contributed by atoms with Crippen molar-refractivity contribution in [1.82, 2.24) is 15.0 Å². The number of amides is 1. The van der Waals surface area contributed by atoms with Crippen molar-refractivity contribution in [2.75, 3.05) is 43.6 Å². The third-order valence-electron chi connectivity index (χ3n) is 7.39. The highest BCUT2D eigenvalue weighted by molar-refractivity contribution is 6.34. The van der Waals surface area contributed by atoms with E-state index < -0.39 is 0 Å². The molecule has 35 heavy (non-hydrogen) atoms. The molecule has 182 valence electrons. The van der Waals surface area contributed by atoms with Crippen LogP contribution in [0.3, 0.4) is 0 Å². The second-order valence-electron chi connectivity index (χ2n) is 9.30. The standard InChI is InChI=1S/C25H27ClN6O3/c1-34-18-11-15(32-6-8-35-9-7-32)4-5-16(18)24-30-22-21(17(26)12-28-25(22)31-24)29-20-14-3-2-13(10-14)19(20)23(27)33/h2-5,11-14,19-20H,6-10H2,1H3,(H2,27,33)(H2,28,29,30,31)/t13-,14-,19+,20-/m1/s1. The van der Waals surface area contributed by atoms with Gasteiger partial charge in [0.05, 0.1) is 48.7 Å². The quantitative estimate of drug-likeness (QED) is 0.450. The summed E-state index contributed by atoms with van der Waals surface area (Å²) in [5.74, 6) is 1.16. The highest BCUT2D eigenvalue weighted by atomic mass is 35.5. The fraction of sp³-hybridized carbons (Fsp3) is 0.400. The molecule has 4 atom stereocenters. The minimum atomic E-state index is -0.295. The third kappa shape index (κ3) is 3.79. The maximum atomic E-state index is 12.2. The summed E-state index contributed by atoms with van der Waals surface area (Å²) in [5.41, 5.74) is 9.54. The summed E-state index contributed by atoms with van der Waals surface area (Å²) >= 11 is 6.58. The first-order valence-electron chi connectivity index (χ1n) is 11.8. The van der Waals surface area contributed by atoms with Crippen LogP contribution in [-0.2, 0) is 9.53 Å². The molecule has 2 aliphatic carbocycles. The first-order chi connectivity index (χ1) is 17.0. The van der Waals surface area contributed by atoms with Gasteiger partial charge in [-0.05, 0) is 30.4 Å². The lowest BCUT2D eigenvalue weighted by Gasteiger charge is -2.29. The Hall–Kier alpha value is -3.30. The Bertz CT molecular complexity index is 1320. The van der Waals surface area contributed by atoms with Crippen LogP contribution in [0, 0.1) is 17.8 Å². The van der Waals surface area contributed by atoms with E-state index in [4.69, 9.17) is 31.8 Å². The second kappa shape index (κ2) is 8.73. The number of carbonyl (C=O) groups is 1. The van der Waals surface area contributed by atoms with Crippen LogP contribution in [-0.4, -0.2) is 60.3 Å². The molecular formula is C25H27ClN6O3. The van der Waals surface area contributed by atoms with E-state index in [1.54, 1.807) is 13.3 Å². The predicted molar refractivity (Wildman–Crippen MR) is 135 cm³/mol. The molecule has 4 N–H and O–H groups in total. The lowest BCUT2D eigenvalue weighted by molar-refractivity contribution is -0.122. The monoisotopic (exact) mass is 494 g/mol. The van der Waals surface area contributed by atoms with Gasteiger partial charge in [0.1, 0.15) is 17.1 Å². The number of morpholine rings is 1. The van der Waals surface area contributed by atoms with Crippen molar-refractivity contribution in [1.29, 1.82) is 0 Å². The molecule has 1 amide bonds. The minimum Gasteiger partial charge on any atom is -0.496 e. The molecule has 2 fully saturated rings. The number of carbonyl (C=O) groups excluding carboxylic acids is 1. The topological polar surface area (TPSA) is 118 Å². The van der Waals surface area contributed by atoms with Gasteiger partial charge < -0.3 is 30.4 Å². The molecule has 0 radical (unpaired) electrons. The number of aromatic nitrogens is 3. The van der Waals surface area contributed by atoms with Crippen LogP contribution in [0.2, 0.25) is 5.02 Å². The van der Waals surface area contributed by atoms with Gasteiger partial charge in [0, 0.05) is 30.9 Å². The van der Waals surface area contributed by atoms with Gasteiger partial charge in [-0.25, -0.2) is 9.97 Å². The van der Waals surface area contributed by atoms with Crippen molar-refractivity contribution in [3.63, 3.8) is 0 Å². The molecule has 1 aromatic carbocycles. The summed E-state index contributed by atoms with van der Waals surface area (Å²) in [7, 11) is 1.65. The van der Waals surface area contributed by atoms with Crippen molar-refractivity contribution in [2.45, 2.75) is 12.5 Å². The Labute approximate surface area is 207 Å². The van der Waals surface area contributed by atoms with Gasteiger partial charge in [0.2, 0.25) is 5.91 Å². The van der Waals surface area contributed by atoms with Crippen LogP contribution in [0.1, 0.15) is 6.42 Å². The van der Waals surface area contributed by atoms with Gasteiger partial charge in [-0.1, -0.05) is 23.8 Å². The molecule has 2 bridgehead atoms. The number of allylic oxidation sites excluding steroid dienone is 1. The highest BCUT2D eigenvalue weighted by Gasteiger charge is 2.47. The molecule has 6 rings (SSSR count). The van der Waals surface area contributed by atoms with E-state index in [2.05, 4.69) is 38.4 Å². The SMILES string of the molecule is COc1cc(N2CCOCC2)ccc1-c1nc2ncc(Cl)c(N[C@H]3[C@@H](C(N)=O)[C@@H]4C=C[C@@H]3C4)c2[nH]1. The zero-order valence-corrected chi connectivity index (χ0v) is 20.1. The average Bonchev–Trinajstić information content (AvgIpc) is 3.60. The smallest absolute Gasteiger partial charge is 0.223 e. The zero-order valence-electron chi connectivity index (χ0n) is 19.3. The molecule has 0 unspecified atom stereocenters. The molecule has 1 saturated heterocycles. The van der Waals surface area contributed by atoms with E-state index in [1.807, 2.05) is 12.1 Å². The number of rotatable bonds is 6. The fourth-order valence-electron chi connectivity index (χ4n) is 5.67. The summed E-state index contributed by atoms with van der Waals surface area (Å²) < 4.78 is 11.2. The molecule has 10 heteroatoms. The predicted octanol–water partition coefficient (Wildman–Crippen LogP) is 3.21. The van der Waals surface area contributed by atoms with Crippen molar-refractivity contribution >= 4 is 40.0 Å². The molecule has 2 aromatic heterocycles. The number of halogens is 1. The summed E-state index contributed by atoms with van der Waals surface area (Å²) in [4.78, 5) is 27.0. The number of nitrogens with one attached hydrogen (secondary N) is 2. The normalized spacial score (nSPS) is 25.4. The van der Waals surface area contributed by atoms with Gasteiger partial charge in [-0.3, -0.25) is 4.79 Å². The summed E-state index contributed by atoms with van der Waals surface area (Å²) in [6.45, 7) is 3.11. The number of pyridine rings is 1. The fourth-order valence-corrected chi connectivity index (χ4v) is 5.87. The summed E-state index contributed by atoms with van der Waals surface area (Å²) in [5, 5.41) is 3.97. The number of nitrogens with two attached hydrogens (primary N) is 1. The number of fused-ring (bicyclic) bond motifs is 3. The Morgan fingerprint density at radius 3 is 2.86 bits per heavy atom. The van der Waals surface area contributed by atoms with Crippen molar-refractivity contribution < 1.29 is 14.3 Å². The molecule has 3 aromatic rings. The number of imidazole rings is 1. The first kappa shape index (κ1) is 22.2. The number of anilines is 2. The maximum Gasteiger partial charge on any atom is 0.223 e. The lowest BCUT2D eigenvalue weighted by Crippen LogP contribution is -2.41. The largest absolute Gasteiger partial charge is 0.496 e. The zero-order chi connectivity index (χ0) is 24.1. The first-order valence-corrected chi connectivity index (χ1v) is 12.2. The van der Waals surface area contributed by atoms with E-state index >= 15 is 0 Å². The molecule has 0 spiro atoms. The number of benzene rings is 1. The van der Waals surface area contributed by atoms with Crippen molar-refractivity contribution in [2.24, 2.45) is 23.5 Å². The van der Waals surface area contributed by atoms with Gasteiger partial charge >= 0.3 is 0 Å². The number of aromatic amines is 1. The van der Waals surface area contributed by atoms with Crippen LogP contribution in [0.25, 0.3) is 22.6 Å². The third-order valence-corrected chi connectivity index (χ3v) is 7.68. The second-order valence-corrected chi connectivity index (χ2v) is 9.70. The molecule has 3 heterocycles. The van der Waals surface area contributed by atoms with Gasteiger partial charge in [0.25, 0.3) is 0 Å². The Morgan fingerprint density at radius 1 is 1.29 bits per heavy atom. The number of hydrogen-bond acceptors (Lipinski definition) is 7. The number of primary amides is 1. The Balaban J connectivity index is 1.36. The van der Waals surface area contributed by atoms with Crippen LogP contribution >= 0.6 is 11.6 Å². The molecule has 1 aliphatic heterocycles. The number of methoxy groups -OCH3 is 1. The minimum absolute atomic E-state index is 0.125. The summed E-state index contributed by atoms with van der Waals surface area (Å²) in [6.07, 6.45) is 6.76. The van der Waals surface area contributed by atoms with Crippen LogP contribution in [0.4, 0.5) is 11.4 Å². The van der Waals surface area contributed by atoms with E-state index in [0.717, 1.165) is 30.8 Å². The van der Waals surface area contributed by atoms with E-state index in [1.165, 1.54) is 0 Å².